The molecule has 24 heavy (non-hydrogen) atoms. The van der Waals surface area contributed by atoms with E-state index >= 15 is 0 Å². The molecule has 2 amide bonds. The van der Waals surface area contributed by atoms with E-state index in [0.29, 0.717) is 19.8 Å². The van der Waals surface area contributed by atoms with E-state index in [-0.39, 0.29) is 18.1 Å². The van der Waals surface area contributed by atoms with Gasteiger partial charge in [-0.05, 0) is 37.6 Å². The molecule has 7 heteroatoms. The Hall–Kier alpha value is -2.70. The van der Waals surface area contributed by atoms with Gasteiger partial charge in [0.2, 0.25) is 0 Å². The van der Waals surface area contributed by atoms with Crippen LogP contribution in [0.2, 0.25) is 0 Å². The third-order valence-corrected chi connectivity index (χ3v) is 3.81. The second kappa shape index (κ2) is 7.25. The summed E-state index contributed by atoms with van der Waals surface area (Å²) in [5.74, 6) is 1.47. The molecule has 2 heterocycles. The zero-order valence-electron chi connectivity index (χ0n) is 13.9. The molecule has 0 spiro atoms. The number of ether oxygens (including phenoxy) is 2. The zero-order chi connectivity index (χ0) is 16.9. The fourth-order valence-corrected chi connectivity index (χ4v) is 2.61. The number of carbonyl (C=O) groups is 1. The average Bonchev–Trinajstić information content (AvgIpc) is 3.06. The van der Waals surface area contributed by atoms with E-state index in [0.717, 1.165) is 17.1 Å². The molecule has 1 aliphatic heterocycles. The number of aromatic nitrogens is 2. The molecule has 0 unspecified atom stereocenters. The Morgan fingerprint density at radius 2 is 2.04 bits per heavy atom. The Labute approximate surface area is 140 Å². The molecule has 0 saturated heterocycles. The van der Waals surface area contributed by atoms with Gasteiger partial charge >= 0.3 is 6.03 Å². The van der Waals surface area contributed by atoms with Crippen molar-refractivity contribution in [3.8, 4) is 11.5 Å². The maximum Gasteiger partial charge on any atom is 0.315 e. The summed E-state index contributed by atoms with van der Waals surface area (Å²) in [6, 6.07) is 7.20. The van der Waals surface area contributed by atoms with Crippen LogP contribution < -0.4 is 20.1 Å². The molecule has 2 N–H and O–H groups in total. The topological polar surface area (TPSA) is 77.4 Å². The van der Waals surface area contributed by atoms with E-state index in [1.165, 1.54) is 0 Å². The summed E-state index contributed by atoms with van der Waals surface area (Å²) in [5.41, 5.74) is 0.967. The van der Waals surface area contributed by atoms with Crippen molar-refractivity contribution in [2.75, 3.05) is 13.2 Å². The minimum absolute atomic E-state index is 0.0302. The number of amides is 2. The first kappa shape index (κ1) is 16.2. The van der Waals surface area contributed by atoms with Crippen molar-refractivity contribution in [3.05, 3.63) is 42.2 Å². The van der Waals surface area contributed by atoms with E-state index in [1.54, 1.807) is 10.9 Å². The Bertz CT molecular complexity index is 687. The Morgan fingerprint density at radius 3 is 2.79 bits per heavy atom. The van der Waals surface area contributed by atoms with E-state index in [2.05, 4.69) is 15.7 Å². The Morgan fingerprint density at radius 1 is 1.25 bits per heavy atom. The van der Waals surface area contributed by atoms with Gasteiger partial charge in [-0.2, -0.15) is 5.10 Å². The molecule has 128 valence electrons. The third kappa shape index (κ3) is 3.98. The van der Waals surface area contributed by atoms with Crippen molar-refractivity contribution in [1.29, 1.82) is 0 Å². The Balaban J connectivity index is 1.54. The van der Waals surface area contributed by atoms with Gasteiger partial charge in [-0.15, -0.1) is 0 Å². The van der Waals surface area contributed by atoms with Gasteiger partial charge in [-0.1, -0.05) is 6.07 Å². The summed E-state index contributed by atoms with van der Waals surface area (Å²) >= 11 is 0. The largest absolute Gasteiger partial charge is 0.486 e. The number of hydrogen-bond acceptors (Lipinski definition) is 4. The van der Waals surface area contributed by atoms with Gasteiger partial charge < -0.3 is 20.1 Å². The van der Waals surface area contributed by atoms with Crippen molar-refractivity contribution in [2.24, 2.45) is 0 Å². The summed E-state index contributed by atoms with van der Waals surface area (Å²) in [6.45, 7) is 5.61. The summed E-state index contributed by atoms with van der Waals surface area (Å²) < 4.78 is 12.9. The van der Waals surface area contributed by atoms with Crippen LogP contribution in [0.1, 0.15) is 25.5 Å². The van der Waals surface area contributed by atoms with Crippen molar-refractivity contribution in [3.63, 3.8) is 0 Å². The standard InChI is InChI=1S/C17H22N4O3/c1-12(11-21-7-3-6-18-21)19-17(22)20-13(2)14-4-5-15-16(10-14)24-9-8-23-15/h3-7,10,12-13H,8-9,11H2,1-2H3,(H2,19,20,22)/t12-,13-/m1/s1. The predicted molar refractivity (Wildman–Crippen MR) is 89.2 cm³/mol. The molecule has 2 atom stereocenters. The second-order valence-electron chi connectivity index (χ2n) is 5.87. The highest BCUT2D eigenvalue weighted by molar-refractivity contribution is 5.74. The van der Waals surface area contributed by atoms with Gasteiger partial charge in [0.15, 0.2) is 11.5 Å². The minimum Gasteiger partial charge on any atom is -0.486 e. The fourth-order valence-electron chi connectivity index (χ4n) is 2.61. The number of hydrogen-bond donors (Lipinski definition) is 2. The molecule has 1 aromatic heterocycles. The van der Waals surface area contributed by atoms with Crippen LogP contribution in [0.25, 0.3) is 0 Å². The Kier molecular flexibility index (Phi) is 4.88. The quantitative estimate of drug-likeness (QED) is 0.880. The zero-order valence-corrected chi connectivity index (χ0v) is 13.9. The van der Waals surface area contributed by atoms with Crippen molar-refractivity contribution in [2.45, 2.75) is 32.5 Å². The second-order valence-corrected chi connectivity index (χ2v) is 5.87. The van der Waals surface area contributed by atoms with Crippen LogP contribution >= 0.6 is 0 Å². The minimum atomic E-state index is -0.211. The van der Waals surface area contributed by atoms with Crippen LogP contribution in [0.15, 0.2) is 36.7 Å². The maximum atomic E-state index is 12.1. The molecule has 0 radical (unpaired) electrons. The highest BCUT2D eigenvalue weighted by Crippen LogP contribution is 2.32. The lowest BCUT2D eigenvalue weighted by molar-refractivity contribution is 0.171. The number of nitrogens with zero attached hydrogens (tertiary/aromatic N) is 2. The number of benzene rings is 1. The van der Waals surface area contributed by atoms with Crippen molar-refractivity contribution < 1.29 is 14.3 Å². The molecule has 1 aliphatic rings. The average molecular weight is 330 g/mol. The van der Waals surface area contributed by atoms with Crippen LogP contribution in [0.5, 0.6) is 11.5 Å². The predicted octanol–water partition coefficient (Wildman–Crippen LogP) is 2.10. The molecular weight excluding hydrogens is 308 g/mol. The van der Waals surface area contributed by atoms with Crippen LogP contribution in [-0.2, 0) is 6.54 Å². The van der Waals surface area contributed by atoms with Gasteiger partial charge in [0.25, 0.3) is 0 Å². The highest BCUT2D eigenvalue weighted by Gasteiger charge is 2.16. The van der Waals surface area contributed by atoms with E-state index in [9.17, 15) is 4.79 Å². The molecule has 0 aliphatic carbocycles. The fraction of sp³-hybridized carbons (Fsp3) is 0.412. The van der Waals surface area contributed by atoms with Crippen molar-refractivity contribution >= 4 is 6.03 Å². The van der Waals surface area contributed by atoms with Gasteiger partial charge in [-0.3, -0.25) is 4.68 Å². The first-order valence-corrected chi connectivity index (χ1v) is 8.06. The summed E-state index contributed by atoms with van der Waals surface area (Å²) in [4.78, 5) is 12.1. The third-order valence-electron chi connectivity index (χ3n) is 3.81. The number of carbonyl (C=O) groups excluding carboxylic acids is 1. The molecule has 7 nitrogen and oxygen atoms in total. The lowest BCUT2D eigenvalue weighted by atomic mass is 10.1. The summed E-state index contributed by atoms with van der Waals surface area (Å²) in [5, 5.41) is 9.98. The van der Waals surface area contributed by atoms with Crippen LogP contribution in [0, 0.1) is 0 Å². The number of rotatable bonds is 5. The number of fused-ring (bicyclic) bond motifs is 1. The van der Waals surface area contributed by atoms with Gasteiger partial charge in [0, 0.05) is 18.4 Å². The molecule has 0 saturated carbocycles. The SMILES string of the molecule is C[C@H](Cn1cccn1)NC(=O)N[C@H](C)c1ccc2c(c1)OCCO2. The van der Waals surface area contributed by atoms with Crippen LogP contribution in [0.3, 0.4) is 0 Å². The summed E-state index contributed by atoms with van der Waals surface area (Å²) in [6.07, 6.45) is 3.59. The monoisotopic (exact) mass is 330 g/mol. The smallest absolute Gasteiger partial charge is 0.315 e. The number of nitrogens with one attached hydrogen (secondary N) is 2. The number of urea groups is 1. The van der Waals surface area contributed by atoms with Crippen molar-refractivity contribution in [1.82, 2.24) is 20.4 Å². The van der Waals surface area contributed by atoms with Crippen LogP contribution in [-0.4, -0.2) is 35.1 Å². The lowest BCUT2D eigenvalue weighted by Gasteiger charge is -2.22. The first-order valence-electron chi connectivity index (χ1n) is 8.06. The van der Waals surface area contributed by atoms with E-state index in [4.69, 9.17) is 9.47 Å². The molecule has 3 rings (SSSR count). The molecular formula is C17H22N4O3. The highest BCUT2D eigenvalue weighted by atomic mass is 16.6. The van der Waals surface area contributed by atoms with E-state index < -0.39 is 0 Å². The summed E-state index contributed by atoms with van der Waals surface area (Å²) in [7, 11) is 0. The maximum absolute atomic E-state index is 12.1. The normalized spacial score (nSPS) is 15.4. The molecule has 0 bridgehead atoms. The molecule has 0 fully saturated rings. The van der Waals surface area contributed by atoms with Gasteiger partial charge in [0.1, 0.15) is 13.2 Å². The molecule has 2 aromatic rings. The van der Waals surface area contributed by atoms with Crippen LogP contribution in [0.4, 0.5) is 4.79 Å². The van der Waals surface area contributed by atoms with Gasteiger partial charge in [0.05, 0.1) is 12.6 Å². The molecule has 1 aromatic carbocycles. The first-order chi connectivity index (χ1) is 11.6. The van der Waals surface area contributed by atoms with E-state index in [1.807, 2.05) is 44.3 Å². The lowest BCUT2D eigenvalue weighted by Crippen LogP contribution is -2.43. The van der Waals surface area contributed by atoms with Gasteiger partial charge in [-0.25, -0.2) is 4.79 Å².